The van der Waals surface area contributed by atoms with E-state index in [0.717, 1.165) is 10.2 Å². The Kier molecular flexibility index (Phi) is 4.25. The molecule has 0 aliphatic rings. The van der Waals surface area contributed by atoms with Crippen LogP contribution in [0.15, 0.2) is 40.9 Å². The quantitative estimate of drug-likeness (QED) is 0.800. The predicted octanol–water partition coefficient (Wildman–Crippen LogP) is 5.38. The zero-order chi connectivity index (χ0) is 14.0. The number of nitrogens with one attached hydrogen (secondary N) is 1. The Balaban J connectivity index is 2.25. The third kappa shape index (κ3) is 3.57. The van der Waals surface area contributed by atoms with Crippen molar-refractivity contribution in [1.29, 1.82) is 0 Å². The Hall–Kier alpha value is -1.35. The third-order valence-electron chi connectivity index (χ3n) is 3.03. The van der Waals surface area contributed by atoms with Crippen LogP contribution in [-0.4, -0.2) is 0 Å². The molecule has 0 saturated heterocycles. The lowest BCUT2D eigenvalue weighted by atomic mass is 10.1. The van der Waals surface area contributed by atoms with E-state index in [9.17, 15) is 4.39 Å². The van der Waals surface area contributed by atoms with E-state index in [1.807, 2.05) is 13.0 Å². The maximum atomic E-state index is 13.8. The number of rotatable bonds is 3. The van der Waals surface area contributed by atoms with Crippen molar-refractivity contribution in [2.24, 2.45) is 0 Å². The van der Waals surface area contributed by atoms with E-state index in [4.69, 9.17) is 0 Å². The molecular weight excluding hydrogens is 305 g/mol. The number of halogens is 2. The Morgan fingerprint density at radius 3 is 2.32 bits per heavy atom. The van der Waals surface area contributed by atoms with Crippen LogP contribution >= 0.6 is 15.9 Å². The molecule has 2 aromatic rings. The summed E-state index contributed by atoms with van der Waals surface area (Å²) in [6.45, 7) is 6.08. The van der Waals surface area contributed by atoms with E-state index in [2.05, 4.69) is 53.3 Å². The SMILES string of the molecule is Cc1cc(C)cc(NC(C)c2cc(Br)ccc2F)c1. The van der Waals surface area contributed by atoms with Crippen LogP contribution < -0.4 is 5.32 Å². The molecule has 100 valence electrons. The van der Waals surface area contributed by atoms with Crippen molar-refractivity contribution in [3.8, 4) is 0 Å². The minimum atomic E-state index is -0.187. The predicted molar refractivity (Wildman–Crippen MR) is 82.1 cm³/mol. The van der Waals surface area contributed by atoms with Gasteiger partial charge in [-0.15, -0.1) is 0 Å². The van der Waals surface area contributed by atoms with Gasteiger partial charge in [0.1, 0.15) is 5.82 Å². The highest BCUT2D eigenvalue weighted by Gasteiger charge is 2.11. The van der Waals surface area contributed by atoms with E-state index in [1.165, 1.54) is 17.2 Å². The van der Waals surface area contributed by atoms with Gasteiger partial charge >= 0.3 is 0 Å². The van der Waals surface area contributed by atoms with Gasteiger partial charge < -0.3 is 5.32 Å². The first-order valence-electron chi connectivity index (χ1n) is 6.25. The van der Waals surface area contributed by atoms with E-state index >= 15 is 0 Å². The fourth-order valence-electron chi connectivity index (χ4n) is 2.23. The van der Waals surface area contributed by atoms with E-state index in [1.54, 1.807) is 6.07 Å². The first kappa shape index (κ1) is 14.1. The number of hydrogen-bond acceptors (Lipinski definition) is 1. The number of benzene rings is 2. The minimum absolute atomic E-state index is 0.0845. The van der Waals surface area contributed by atoms with Crippen molar-refractivity contribution in [2.45, 2.75) is 26.8 Å². The van der Waals surface area contributed by atoms with Gasteiger partial charge in [-0.2, -0.15) is 0 Å². The summed E-state index contributed by atoms with van der Waals surface area (Å²) in [5.41, 5.74) is 4.08. The molecule has 0 fully saturated rings. The molecule has 0 radical (unpaired) electrons. The Morgan fingerprint density at radius 1 is 1.05 bits per heavy atom. The molecule has 1 atom stereocenters. The molecule has 0 amide bonds. The molecule has 19 heavy (non-hydrogen) atoms. The summed E-state index contributed by atoms with van der Waals surface area (Å²) in [4.78, 5) is 0. The summed E-state index contributed by atoms with van der Waals surface area (Å²) < 4.78 is 14.7. The monoisotopic (exact) mass is 321 g/mol. The first-order chi connectivity index (χ1) is 8.95. The molecule has 0 saturated carbocycles. The smallest absolute Gasteiger partial charge is 0.128 e. The van der Waals surface area contributed by atoms with Crippen LogP contribution in [0.25, 0.3) is 0 Å². The average molecular weight is 322 g/mol. The average Bonchev–Trinajstić information content (AvgIpc) is 2.30. The molecule has 0 bridgehead atoms. The Bertz CT molecular complexity index is 575. The summed E-state index contributed by atoms with van der Waals surface area (Å²) in [5, 5.41) is 3.35. The van der Waals surface area contributed by atoms with Crippen LogP contribution in [0.2, 0.25) is 0 Å². The largest absolute Gasteiger partial charge is 0.378 e. The Labute approximate surface area is 122 Å². The molecular formula is C16H17BrFN. The molecule has 0 aromatic heterocycles. The van der Waals surface area contributed by atoms with E-state index in [-0.39, 0.29) is 11.9 Å². The van der Waals surface area contributed by atoms with Gasteiger partial charge in [0, 0.05) is 15.7 Å². The second kappa shape index (κ2) is 5.74. The number of aryl methyl sites for hydroxylation is 2. The van der Waals surface area contributed by atoms with Crippen molar-refractivity contribution in [2.75, 3.05) is 5.32 Å². The maximum Gasteiger partial charge on any atom is 0.128 e. The Morgan fingerprint density at radius 2 is 1.68 bits per heavy atom. The number of anilines is 1. The van der Waals surface area contributed by atoms with Crippen molar-refractivity contribution in [1.82, 2.24) is 0 Å². The van der Waals surface area contributed by atoms with Gasteiger partial charge in [-0.3, -0.25) is 0 Å². The molecule has 3 heteroatoms. The van der Waals surface area contributed by atoms with E-state index < -0.39 is 0 Å². The molecule has 2 aromatic carbocycles. The highest BCUT2D eigenvalue weighted by Crippen LogP contribution is 2.25. The van der Waals surface area contributed by atoms with Gasteiger partial charge in [0.25, 0.3) is 0 Å². The second-order valence-corrected chi connectivity index (χ2v) is 5.82. The summed E-state index contributed by atoms with van der Waals surface area (Å²) in [7, 11) is 0. The second-order valence-electron chi connectivity index (χ2n) is 4.91. The van der Waals surface area contributed by atoms with Gasteiger partial charge in [0.2, 0.25) is 0 Å². The van der Waals surface area contributed by atoms with Crippen LogP contribution in [0.5, 0.6) is 0 Å². The summed E-state index contributed by atoms with van der Waals surface area (Å²) in [5.74, 6) is -0.187. The summed E-state index contributed by atoms with van der Waals surface area (Å²) >= 11 is 3.38. The van der Waals surface area contributed by atoms with Gasteiger partial charge in [-0.25, -0.2) is 4.39 Å². The van der Waals surface area contributed by atoms with Crippen LogP contribution in [-0.2, 0) is 0 Å². The lowest BCUT2D eigenvalue weighted by Gasteiger charge is -2.17. The lowest BCUT2D eigenvalue weighted by molar-refractivity contribution is 0.600. The van der Waals surface area contributed by atoms with Gasteiger partial charge in [0.15, 0.2) is 0 Å². The molecule has 1 unspecified atom stereocenters. The molecule has 0 aliphatic heterocycles. The van der Waals surface area contributed by atoms with Crippen LogP contribution in [0.4, 0.5) is 10.1 Å². The van der Waals surface area contributed by atoms with Crippen molar-refractivity contribution >= 4 is 21.6 Å². The molecule has 2 rings (SSSR count). The highest BCUT2D eigenvalue weighted by atomic mass is 79.9. The van der Waals surface area contributed by atoms with Crippen LogP contribution in [0.1, 0.15) is 29.7 Å². The maximum absolute atomic E-state index is 13.8. The van der Waals surface area contributed by atoms with Crippen molar-refractivity contribution in [3.63, 3.8) is 0 Å². The zero-order valence-corrected chi connectivity index (χ0v) is 12.9. The summed E-state index contributed by atoms with van der Waals surface area (Å²) in [6.07, 6.45) is 0. The fourth-order valence-corrected chi connectivity index (χ4v) is 2.61. The first-order valence-corrected chi connectivity index (χ1v) is 7.05. The highest BCUT2D eigenvalue weighted by molar-refractivity contribution is 9.10. The van der Waals surface area contributed by atoms with Crippen LogP contribution in [0.3, 0.4) is 0 Å². The molecule has 0 aliphatic carbocycles. The standard InChI is InChI=1S/C16H17BrFN/c1-10-6-11(2)8-14(7-10)19-12(3)15-9-13(17)4-5-16(15)18/h4-9,12,19H,1-3H3. The normalized spacial score (nSPS) is 12.3. The fraction of sp³-hybridized carbons (Fsp3) is 0.250. The molecule has 1 nitrogen and oxygen atoms in total. The van der Waals surface area contributed by atoms with Gasteiger partial charge in [0.05, 0.1) is 6.04 Å². The molecule has 0 spiro atoms. The molecule has 0 heterocycles. The summed E-state index contributed by atoms with van der Waals surface area (Å²) in [6, 6.07) is 11.2. The minimum Gasteiger partial charge on any atom is -0.378 e. The number of hydrogen-bond donors (Lipinski definition) is 1. The molecule has 1 N–H and O–H groups in total. The van der Waals surface area contributed by atoms with Crippen LogP contribution in [0, 0.1) is 19.7 Å². The van der Waals surface area contributed by atoms with Crippen molar-refractivity contribution in [3.05, 3.63) is 63.4 Å². The third-order valence-corrected chi connectivity index (χ3v) is 3.52. The van der Waals surface area contributed by atoms with Gasteiger partial charge in [-0.05, 0) is 62.2 Å². The van der Waals surface area contributed by atoms with Crippen molar-refractivity contribution < 1.29 is 4.39 Å². The van der Waals surface area contributed by atoms with Gasteiger partial charge in [-0.1, -0.05) is 22.0 Å². The lowest BCUT2D eigenvalue weighted by Crippen LogP contribution is -2.09. The zero-order valence-electron chi connectivity index (χ0n) is 11.3. The van der Waals surface area contributed by atoms with E-state index in [0.29, 0.717) is 5.56 Å². The topological polar surface area (TPSA) is 12.0 Å².